The highest BCUT2D eigenvalue weighted by Crippen LogP contribution is 2.23. The minimum atomic E-state index is 0.800. The fraction of sp³-hybridized carbons (Fsp3) is 0.667. The first-order valence-corrected chi connectivity index (χ1v) is 11.1. The highest BCUT2D eigenvalue weighted by atomic mass is 15.1. The summed E-state index contributed by atoms with van der Waals surface area (Å²) in [6.45, 7) is 12.9. The Labute approximate surface area is 173 Å². The van der Waals surface area contributed by atoms with Crippen LogP contribution in [0.2, 0.25) is 0 Å². The number of aryl methyl sites for hydroxylation is 1. The van der Waals surface area contributed by atoms with E-state index in [-0.39, 0.29) is 0 Å². The van der Waals surface area contributed by atoms with Crippen LogP contribution in [0.3, 0.4) is 0 Å². The van der Waals surface area contributed by atoms with Crippen LogP contribution in [0.4, 0.5) is 5.82 Å². The lowest BCUT2D eigenvalue weighted by molar-refractivity contribution is 0.337. The molecule has 1 aliphatic rings. The molecule has 2 aromatic rings. The monoisotopic (exact) mass is 386 g/mol. The van der Waals surface area contributed by atoms with E-state index in [1.54, 1.807) is 0 Å². The van der Waals surface area contributed by atoms with Crippen molar-refractivity contribution in [1.82, 2.24) is 15.3 Å². The standard InChI is InChI=1S/C11H13N3.C11H23N.C2H6/c1-8-12-10-7-5-4-6-9(10)11(13-8)14(2)3;1-10(2)8-12-9-11-6-4-3-5-7-11;1-2/h4-7H,1-3H3;10-12H,3-9H2,1-2H3;1-2H3. The Hall–Kier alpha value is -1.68. The van der Waals surface area contributed by atoms with Gasteiger partial charge in [-0.15, -0.1) is 0 Å². The van der Waals surface area contributed by atoms with E-state index < -0.39 is 0 Å². The van der Waals surface area contributed by atoms with Crippen molar-refractivity contribution in [2.45, 2.75) is 66.7 Å². The predicted octanol–water partition coefficient (Wildman–Crippen LogP) is 5.84. The van der Waals surface area contributed by atoms with E-state index in [0.29, 0.717) is 0 Å². The topological polar surface area (TPSA) is 41.1 Å². The maximum atomic E-state index is 4.42. The van der Waals surface area contributed by atoms with E-state index in [2.05, 4.69) is 29.1 Å². The number of hydrogen-bond donors (Lipinski definition) is 1. The number of benzene rings is 1. The van der Waals surface area contributed by atoms with Gasteiger partial charge in [0, 0.05) is 19.5 Å². The van der Waals surface area contributed by atoms with Crippen molar-refractivity contribution in [3.63, 3.8) is 0 Å². The highest BCUT2D eigenvalue weighted by molar-refractivity contribution is 5.89. The molecule has 4 heteroatoms. The zero-order chi connectivity index (χ0) is 20.9. The number of nitrogens with one attached hydrogen (secondary N) is 1. The predicted molar refractivity (Wildman–Crippen MR) is 124 cm³/mol. The largest absolute Gasteiger partial charge is 0.362 e. The average Bonchev–Trinajstić information content (AvgIpc) is 2.70. The van der Waals surface area contributed by atoms with Crippen molar-refractivity contribution in [3.05, 3.63) is 30.1 Å². The summed E-state index contributed by atoms with van der Waals surface area (Å²) in [5.74, 6) is 3.58. The van der Waals surface area contributed by atoms with Gasteiger partial charge in [0.2, 0.25) is 0 Å². The first-order valence-electron chi connectivity index (χ1n) is 11.1. The van der Waals surface area contributed by atoms with Gasteiger partial charge in [-0.2, -0.15) is 0 Å². The van der Waals surface area contributed by atoms with Crippen molar-refractivity contribution in [3.8, 4) is 0 Å². The molecule has 1 N–H and O–H groups in total. The third-order valence-corrected chi connectivity index (χ3v) is 4.83. The van der Waals surface area contributed by atoms with Gasteiger partial charge in [-0.3, -0.25) is 0 Å². The maximum Gasteiger partial charge on any atom is 0.139 e. The molecule has 0 bridgehead atoms. The second-order valence-corrected chi connectivity index (χ2v) is 8.06. The zero-order valence-electron chi connectivity index (χ0n) is 19.3. The third kappa shape index (κ3) is 8.55. The summed E-state index contributed by atoms with van der Waals surface area (Å²) in [5.41, 5.74) is 1.00. The molecule has 0 aliphatic heterocycles. The van der Waals surface area contributed by atoms with Gasteiger partial charge in [0.15, 0.2) is 0 Å². The number of anilines is 1. The lowest BCUT2D eigenvalue weighted by Crippen LogP contribution is -2.27. The van der Waals surface area contributed by atoms with Crippen LogP contribution in [-0.2, 0) is 0 Å². The van der Waals surface area contributed by atoms with Gasteiger partial charge >= 0.3 is 0 Å². The molecule has 0 amide bonds. The molecular formula is C24H42N4. The van der Waals surface area contributed by atoms with Crippen LogP contribution in [0.5, 0.6) is 0 Å². The first kappa shape index (κ1) is 24.4. The summed E-state index contributed by atoms with van der Waals surface area (Å²) in [4.78, 5) is 10.8. The van der Waals surface area contributed by atoms with Gasteiger partial charge in [-0.1, -0.05) is 59.1 Å². The van der Waals surface area contributed by atoms with Crippen molar-refractivity contribution >= 4 is 16.7 Å². The normalized spacial score (nSPS) is 14.1. The SMILES string of the molecule is CC.CC(C)CNCC1CCCCC1.Cc1nc(N(C)C)c2ccccc2n1. The number of fused-ring (bicyclic) bond motifs is 1. The molecular weight excluding hydrogens is 344 g/mol. The Bertz CT molecular complexity index is 661. The highest BCUT2D eigenvalue weighted by Gasteiger charge is 2.12. The summed E-state index contributed by atoms with van der Waals surface area (Å²) >= 11 is 0. The van der Waals surface area contributed by atoms with Gasteiger partial charge in [0.1, 0.15) is 11.6 Å². The van der Waals surface area contributed by atoms with E-state index in [0.717, 1.165) is 34.4 Å². The van der Waals surface area contributed by atoms with Crippen molar-refractivity contribution in [2.75, 3.05) is 32.1 Å². The Balaban J connectivity index is 0.000000260. The molecule has 0 radical (unpaired) electrons. The number of rotatable bonds is 5. The van der Waals surface area contributed by atoms with Crippen molar-refractivity contribution in [1.29, 1.82) is 0 Å². The third-order valence-electron chi connectivity index (χ3n) is 4.83. The zero-order valence-corrected chi connectivity index (χ0v) is 19.3. The molecule has 158 valence electrons. The molecule has 0 saturated heterocycles. The molecule has 1 aromatic heterocycles. The fourth-order valence-electron chi connectivity index (χ4n) is 3.48. The first-order chi connectivity index (χ1) is 13.5. The van der Waals surface area contributed by atoms with Crippen molar-refractivity contribution < 1.29 is 0 Å². The van der Waals surface area contributed by atoms with Gasteiger partial charge in [-0.05, 0) is 56.8 Å². The molecule has 3 rings (SSSR count). The summed E-state index contributed by atoms with van der Waals surface area (Å²) in [6.07, 6.45) is 7.33. The Morgan fingerprint density at radius 1 is 1.04 bits per heavy atom. The van der Waals surface area contributed by atoms with Crippen LogP contribution >= 0.6 is 0 Å². The number of nitrogens with zero attached hydrogens (tertiary/aromatic N) is 3. The van der Waals surface area contributed by atoms with Crippen LogP contribution in [0.25, 0.3) is 10.9 Å². The molecule has 0 spiro atoms. The second kappa shape index (κ2) is 13.5. The van der Waals surface area contributed by atoms with E-state index in [1.165, 1.54) is 45.2 Å². The molecule has 1 saturated carbocycles. The summed E-state index contributed by atoms with van der Waals surface area (Å²) in [6, 6.07) is 8.06. The molecule has 28 heavy (non-hydrogen) atoms. The fourth-order valence-corrected chi connectivity index (χ4v) is 3.48. The van der Waals surface area contributed by atoms with E-state index in [4.69, 9.17) is 0 Å². The number of aromatic nitrogens is 2. The summed E-state index contributed by atoms with van der Waals surface area (Å²) < 4.78 is 0. The Kier molecular flexibility index (Phi) is 11.7. The lowest BCUT2D eigenvalue weighted by atomic mass is 9.89. The summed E-state index contributed by atoms with van der Waals surface area (Å²) in [5, 5.41) is 4.65. The molecule has 1 heterocycles. The van der Waals surface area contributed by atoms with Crippen LogP contribution in [0.15, 0.2) is 24.3 Å². The average molecular weight is 387 g/mol. The minimum Gasteiger partial charge on any atom is -0.362 e. The van der Waals surface area contributed by atoms with E-state index in [9.17, 15) is 0 Å². The lowest BCUT2D eigenvalue weighted by Gasteiger charge is -2.22. The molecule has 0 atom stereocenters. The van der Waals surface area contributed by atoms with Crippen LogP contribution in [-0.4, -0.2) is 37.2 Å². The number of hydrogen-bond acceptors (Lipinski definition) is 4. The number of para-hydroxylation sites is 1. The van der Waals surface area contributed by atoms with Crippen LogP contribution in [0, 0.1) is 18.8 Å². The maximum absolute atomic E-state index is 4.42. The van der Waals surface area contributed by atoms with Crippen LogP contribution < -0.4 is 10.2 Å². The molecule has 4 nitrogen and oxygen atoms in total. The van der Waals surface area contributed by atoms with Gasteiger partial charge in [-0.25, -0.2) is 9.97 Å². The molecule has 1 aliphatic carbocycles. The molecule has 1 fully saturated rings. The van der Waals surface area contributed by atoms with Gasteiger partial charge in [0.25, 0.3) is 0 Å². The van der Waals surface area contributed by atoms with Gasteiger partial charge in [0.05, 0.1) is 5.52 Å². The molecule has 0 unspecified atom stereocenters. The molecule has 1 aromatic carbocycles. The van der Waals surface area contributed by atoms with Crippen LogP contribution in [0.1, 0.15) is 65.6 Å². The summed E-state index contributed by atoms with van der Waals surface area (Å²) in [7, 11) is 3.99. The Morgan fingerprint density at radius 2 is 1.68 bits per heavy atom. The van der Waals surface area contributed by atoms with E-state index in [1.807, 2.05) is 64.0 Å². The smallest absolute Gasteiger partial charge is 0.139 e. The minimum absolute atomic E-state index is 0.800. The second-order valence-electron chi connectivity index (χ2n) is 8.06. The van der Waals surface area contributed by atoms with E-state index >= 15 is 0 Å². The van der Waals surface area contributed by atoms with Crippen molar-refractivity contribution in [2.24, 2.45) is 11.8 Å². The Morgan fingerprint density at radius 3 is 2.29 bits per heavy atom. The van der Waals surface area contributed by atoms with Gasteiger partial charge < -0.3 is 10.2 Å². The quantitative estimate of drug-likeness (QED) is 0.700.